The number of rotatable bonds is 7. The second-order valence-corrected chi connectivity index (χ2v) is 2.81. The Morgan fingerprint density at radius 2 is 1.73 bits per heavy atom. The van der Waals surface area contributed by atoms with Crippen molar-refractivity contribution >= 4 is 0 Å². The van der Waals surface area contributed by atoms with Crippen molar-refractivity contribution in [1.29, 1.82) is 5.26 Å². The molecule has 2 nitrogen and oxygen atoms in total. The normalized spacial score (nSPS) is 9.09. The highest BCUT2D eigenvalue weighted by molar-refractivity contribution is 4.63. The molecule has 0 aromatic carbocycles. The Hall–Kier alpha value is -0.710. The summed E-state index contributed by atoms with van der Waals surface area (Å²) in [6.07, 6.45) is 9.64. The van der Waals surface area contributed by atoms with Gasteiger partial charge in [-0.15, -0.1) is 0 Å². The first-order valence-corrected chi connectivity index (χ1v) is 4.53. The van der Waals surface area contributed by atoms with Crippen LogP contribution in [0.15, 0.2) is 0 Å². The molecule has 0 bridgehead atoms. The molecule has 0 rings (SSSR count). The summed E-state index contributed by atoms with van der Waals surface area (Å²) in [4.78, 5) is 0. The van der Waals surface area contributed by atoms with Crippen LogP contribution in [0.25, 0.3) is 0 Å². The lowest BCUT2D eigenvalue weighted by molar-refractivity contribution is 0.600. The third-order valence-corrected chi connectivity index (χ3v) is 1.73. The average Bonchev–Trinajstić information content (AvgIpc) is 2.03. The number of nitrogens with zero attached hydrogens (tertiary/aromatic N) is 1. The van der Waals surface area contributed by atoms with Crippen LogP contribution in [-0.4, -0.2) is 6.54 Å². The van der Waals surface area contributed by atoms with Gasteiger partial charge in [0.2, 0.25) is 0 Å². The molecule has 0 heterocycles. The average molecular weight is 154 g/mol. The van der Waals surface area contributed by atoms with Gasteiger partial charge in [0.15, 0.2) is 6.19 Å². The molecule has 0 unspecified atom stereocenters. The van der Waals surface area contributed by atoms with Crippen molar-refractivity contribution < 1.29 is 0 Å². The molecule has 0 amide bonds. The number of hydrogen-bond donors (Lipinski definition) is 1. The molecule has 0 saturated heterocycles. The largest absolute Gasteiger partial charge is 0.324 e. The van der Waals surface area contributed by atoms with E-state index < -0.39 is 0 Å². The van der Waals surface area contributed by atoms with Crippen LogP contribution in [0.2, 0.25) is 0 Å². The van der Waals surface area contributed by atoms with Crippen LogP contribution in [0.3, 0.4) is 0 Å². The van der Waals surface area contributed by atoms with Crippen molar-refractivity contribution in [3.05, 3.63) is 0 Å². The smallest absolute Gasteiger partial charge is 0.176 e. The maximum Gasteiger partial charge on any atom is 0.176 e. The molecule has 0 aromatic heterocycles. The molecule has 0 spiro atoms. The first kappa shape index (κ1) is 10.3. The maximum atomic E-state index is 8.15. The molecular formula is C9H18N2. The fraction of sp³-hybridized carbons (Fsp3) is 0.889. The van der Waals surface area contributed by atoms with Crippen molar-refractivity contribution in [1.82, 2.24) is 5.32 Å². The lowest BCUT2D eigenvalue weighted by atomic mass is 10.1. The molecule has 2 heteroatoms. The highest BCUT2D eigenvalue weighted by Crippen LogP contribution is 2.03. The van der Waals surface area contributed by atoms with E-state index in [1.807, 2.05) is 6.19 Å². The molecule has 0 aliphatic carbocycles. The highest BCUT2D eigenvalue weighted by Gasteiger charge is 1.88. The van der Waals surface area contributed by atoms with E-state index in [1.54, 1.807) is 0 Å². The number of unbranched alkanes of at least 4 members (excludes halogenated alkanes) is 5. The number of nitrogens with one attached hydrogen (secondary N) is 1. The summed E-state index contributed by atoms with van der Waals surface area (Å²) >= 11 is 0. The third kappa shape index (κ3) is 9.29. The zero-order valence-corrected chi connectivity index (χ0v) is 7.40. The van der Waals surface area contributed by atoms with Gasteiger partial charge >= 0.3 is 0 Å². The third-order valence-electron chi connectivity index (χ3n) is 1.73. The van der Waals surface area contributed by atoms with Gasteiger partial charge in [0.05, 0.1) is 0 Å². The Balaban J connectivity index is 2.75. The van der Waals surface area contributed by atoms with Crippen molar-refractivity contribution in [2.45, 2.75) is 45.4 Å². The van der Waals surface area contributed by atoms with E-state index in [0.717, 1.165) is 13.0 Å². The predicted octanol–water partition coefficient (Wildman–Crippen LogP) is 2.42. The van der Waals surface area contributed by atoms with Crippen molar-refractivity contribution in [3.63, 3.8) is 0 Å². The lowest BCUT2D eigenvalue weighted by Crippen LogP contribution is -2.06. The molecule has 0 fully saturated rings. The van der Waals surface area contributed by atoms with E-state index in [4.69, 9.17) is 5.26 Å². The molecule has 64 valence electrons. The molecule has 0 aliphatic heterocycles. The van der Waals surface area contributed by atoms with Crippen LogP contribution >= 0.6 is 0 Å². The van der Waals surface area contributed by atoms with E-state index in [-0.39, 0.29) is 0 Å². The Morgan fingerprint density at radius 1 is 1.09 bits per heavy atom. The van der Waals surface area contributed by atoms with Gasteiger partial charge in [-0.05, 0) is 6.42 Å². The first-order chi connectivity index (χ1) is 5.41. The SMILES string of the molecule is CCCCCCCCNC#N. The predicted molar refractivity (Wildman–Crippen MR) is 47.0 cm³/mol. The molecule has 11 heavy (non-hydrogen) atoms. The fourth-order valence-electron chi connectivity index (χ4n) is 1.05. The minimum Gasteiger partial charge on any atom is -0.324 e. The van der Waals surface area contributed by atoms with Crippen molar-refractivity contribution in [2.75, 3.05) is 6.54 Å². The summed E-state index contributed by atoms with van der Waals surface area (Å²) in [5.74, 6) is 0. The Kier molecular flexibility index (Phi) is 8.69. The standard InChI is InChI=1S/C9H18N2/c1-2-3-4-5-6-7-8-11-9-10/h11H,2-8H2,1H3. The second-order valence-electron chi connectivity index (χ2n) is 2.81. The van der Waals surface area contributed by atoms with Crippen LogP contribution in [0.4, 0.5) is 0 Å². The van der Waals surface area contributed by atoms with Crippen molar-refractivity contribution in [2.24, 2.45) is 0 Å². The van der Waals surface area contributed by atoms with E-state index >= 15 is 0 Å². The minimum atomic E-state index is 0.850. The van der Waals surface area contributed by atoms with E-state index in [1.165, 1.54) is 32.1 Å². The zero-order valence-electron chi connectivity index (χ0n) is 7.40. The Bertz CT molecular complexity index is 105. The van der Waals surface area contributed by atoms with Gasteiger partial charge < -0.3 is 5.32 Å². The monoisotopic (exact) mass is 154 g/mol. The molecule has 0 atom stereocenters. The summed E-state index contributed by atoms with van der Waals surface area (Å²) in [7, 11) is 0. The molecule has 1 N–H and O–H groups in total. The van der Waals surface area contributed by atoms with Gasteiger partial charge in [-0.25, -0.2) is 0 Å². The topological polar surface area (TPSA) is 35.8 Å². The molecule has 0 radical (unpaired) electrons. The number of nitriles is 1. The Morgan fingerprint density at radius 3 is 2.36 bits per heavy atom. The van der Waals surface area contributed by atoms with Crippen LogP contribution < -0.4 is 5.32 Å². The summed E-state index contributed by atoms with van der Waals surface area (Å²) in [5, 5.41) is 10.8. The van der Waals surface area contributed by atoms with Crippen LogP contribution in [0, 0.1) is 11.5 Å². The van der Waals surface area contributed by atoms with Gasteiger partial charge in [0.1, 0.15) is 0 Å². The van der Waals surface area contributed by atoms with Gasteiger partial charge in [-0.1, -0.05) is 39.0 Å². The first-order valence-electron chi connectivity index (χ1n) is 4.53. The summed E-state index contributed by atoms with van der Waals surface area (Å²) in [5.41, 5.74) is 0. The van der Waals surface area contributed by atoms with E-state index in [2.05, 4.69) is 12.2 Å². The van der Waals surface area contributed by atoms with Crippen LogP contribution in [-0.2, 0) is 0 Å². The zero-order chi connectivity index (χ0) is 8.36. The molecule has 0 aromatic rings. The second kappa shape index (κ2) is 9.29. The number of hydrogen-bond acceptors (Lipinski definition) is 2. The van der Waals surface area contributed by atoms with Crippen LogP contribution in [0.1, 0.15) is 45.4 Å². The summed E-state index contributed by atoms with van der Waals surface area (Å²) in [6.45, 7) is 3.07. The quantitative estimate of drug-likeness (QED) is 0.347. The summed E-state index contributed by atoms with van der Waals surface area (Å²) in [6, 6.07) is 0. The van der Waals surface area contributed by atoms with Gasteiger partial charge in [-0.2, -0.15) is 5.26 Å². The fourth-order valence-corrected chi connectivity index (χ4v) is 1.05. The highest BCUT2D eigenvalue weighted by atomic mass is 14.8. The minimum absolute atomic E-state index is 0.850. The van der Waals surface area contributed by atoms with Gasteiger partial charge in [0.25, 0.3) is 0 Å². The summed E-state index contributed by atoms with van der Waals surface area (Å²) < 4.78 is 0. The lowest BCUT2D eigenvalue weighted by Gasteiger charge is -1.98. The van der Waals surface area contributed by atoms with Crippen LogP contribution in [0.5, 0.6) is 0 Å². The maximum absolute atomic E-state index is 8.15. The van der Waals surface area contributed by atoms with E-state index in [0.29, 0.717) is 0 Å². The van der Waals surface area contributed by atoms with Crippen molar-refractivity contribution in [3.8, 4) is 6.19 Å². The van der Waals surface area contributed by atoms with E-state index in [9.17, 15) is 0 Å². The Labute approximate surface area is 69.6 Å². The van der Waals surface area contributed by atoms with Gasteiger partial charge in [0, 0.05) is 6.54 Å². The molecular weight excluding hydrogens is 136 g/mol. The molecule has 0 aliphatic rings. The molecule has 0 saturated carbocycles. The van der Waals surface area contributed by atoms with Gasteiger partial charge in [-0.3, -0.25) is 0 Å².